The van der Waals surface area contributed by atoms with Gasteiger partial charge in [-0.05, 0) is 13.0 Å². The number of aliphatic hydroxyl groups is 1. The molecule has 2 heterocycles. The first-order valence-electron chi connectivity index (χ1n) is 7.91. The summed E-state index contributed by atoms with van der Waals surface area (Å²) in [7, 11) is 0. The van der Waals surface area contributed by atoms with Gasteiger partial charge in [0.15, 0.2) is 0 Å². The molecule has 1 N–H and O–H groups in total. The van der Waals surface area contributed by atoms with Gasteiger partial charge < -0.3 is 9.63 Å². The molecule has 1 aromatic carbocycles. The minimum atomic E-state index is -0.791. The van der Waals surface area contributed by atoms with Crippen LogP contribution in [0.2, 0.25) is 0 Å². The Bertz CT molecular complexity index is 638. The van der Waals surface area contributed by atoms with Crippen molar-refractivity contribution in [1.29, 1.82) is 0 Å². The predicted octanol–water partition coefficient (Wildman–Crippen LogP) is 1.97. The number of halogens is 1. The van der Waals surface area contributed by atoms with Gasteiger partial charge in [0.25, 0.3) is 0 Å². The smallest absolute Gasteiger partial charge is 0.133 e. The molecule has 0 aliphatic carbocycles. The molecule has 0 amide bonds. The average molecular weight is 319 g/mol. The molecule has 1 fully saturated rings. The van der Waals surface area contributed by atoms with Crippen LogP contribution in [0, 0.1) is 12.7 Å². The fraction of sp³-hybridized carbons (Fsp3) is 0.471. The first-order valence-corrected chi connectivity index (χ1v) is 7.91. The summed E-state index contributed by atoms with van der Waals surface area (Å²) in [5, 5.41) is 14.3. The molecule has 1 unspecified atom stereocenters. The van der Waals surface area contributed by atoms with Gasteiger partial charge in [-0.2, -0.15) is 0 Å². The summed E-state index contributed by atoms with van der Waals surface area (Å²) in [4.78, 5) is 4.48. The van der Waals surface area contributed by atoms with Crippen molar-refractivity contribution in [3.05, 3.63) is 53.2 Å². The number of aliphatic hydroxyl groups excluding tert-OH is 1. The standard InChI is InChI=1S/C17H22FN3O2/c1-13-10-14(19-23-13)11-20-6-8-21(9-7-20)12-17(22)15-4-2-3-5-16(15)18/h2-5,10,17,22H,6-9,11-12H2,1H3. The number of benzene rings is 1. The molecule has 5 nitrogen and oxygen atoms in total. The van der Waals surface area contributed by atoms with Gasteiger partial charge in [0.05, 0.1) is 11.8 Å². The number of hydrogen-bond donors (Lipinski definition) is 1. The zero-order chi connectivity index (χ0) is 16.2. The highest BCUT2D eigenvalue weighted by Crippen LogP contribution is 2.19. The van der Waals surface area contributed by atoms with E-state index in [9.17, 15) is 9.50 Å². The minimum absolute atomic E-state index is 0.347. The number of aromatic nitrogens is 1. The third-order valence-corrected chi connectivity index (χ3v) is 4.22. The second-order valence-corrected chi connectivity index (χ2v) is 6.04. The summed E-state index contributed by atoms with van der Waals surface area (Å²) in [5.41, 5.74) is 1.32. The first-order chi connectivity index (χ1) is 11.1. The van der Waals surface area contributed by atoms with Crippen LogP contribution in [0.4, 0.5) is 4.39 Å². The molecule has 1 aliphatic heterocycles. The van der Waals surface area contributed by atoms with Crippen LogP contribution in [0.15, 0.2) is 34.9 Å². The lowest BCUT2D eigenvalue weighted by Crippen LogP contribution is -2.47. The molecule has 1 atom stereocenters. The Morgan fingerprint density at radius 1 is 1.22 bits per heavy atom. The molecular formula is C17H22FN3O2. The lowest BCUT2D eigenvalue weighted by atomic mass is 10.1. The lowest BCUT2D eigenvalue weighted by molar-refractivity contribution is 0.0678. The zero-order valence-corrected chi connectivity index (χ0v) is 13.3. The van der Waals surface area contributed by atoms with Crippen molar-refractivity contribution < 1.29 is 14.0 Å². The van der Waals surface area contributed by atoms with E-state index in [4.69, 9.17) is 4.52 Å². The summed E-state index contributed by atoms with van der Waals surface area (Å²) >= 11 is 0. The maximum atomic E-state index is 13.7. The van der Waals surface area contributed by atoms with Crippen LogP contribution in [0.25, 0.3) is 0 Å². The van der Waals surface area contributed by atoms with Crippen molar-refractivity contribution in [3.8, 4) is 0 Å². The van der Waals surface area contributed by atoms with Gasteiger partial charge >= 0.3 is 0 Å². The molecule has 1 aromatic heterocycles. The van der Waals surface area contributed by atoms with Gasteiger partial charge in [-0.1, -0.05) is 23.4 Å². The fourth-order valence-electron chi connectivity index (χ4n) is 2.94. The van der Waals surface area contributed by atoms with Crippen molar-refractivity contribution in [3.63, 3.8) is 0 Å². The third-order valence-electron chi connectivity index (χ3n) is 4.22. The average Bonchev–Trinajstić information content (AvgIpc) is 2.95. The summed E-state index contributed by atoms with van der Waals surface area (Å²) in [5.74, 6) is 0.478. The highest BCUT2D eigenvalue weighted by molar-refractivity contribution is 5.20. The van der Waals surface area contributed by atoms with E-state index in [1.807, 2.05) is 13.0 Å². The molecule has 0 saturated carbocycles. The summed E-state index contributed by atoms with van der Waals surface area (Å²) in [6.07, 6.45) is -0.791. The molecule has 2 aromatic rings. The Hall–Kier alpha value is -1.76. The molecule has 23 heavy (non-hydrogen) atoms. The van der Waals surface area contributed by atoms with Crippen LogP contribution in [0.5, 0.6) is 0 Å². The molecule has 3 rings (SSSR count). The summed E-state index contributed by atoms with van der Waals surface area (Å²) in [6, 6.07) is 8.36. The van der Waals surface area contributed by atoms with E-state index in [0.717, 1.165) is 44.2 Å². The van der Waals surface area contributed by atoms with Crippen LogP contribution in [0.1, 0.15) is 23.1 Å². The van der Waals surface area contributed by atoms with E-state index in [2.05, 4.69) is 15.0 Å². The van der Waals surface area contributed by atoms with Gasteiger partial charge in [0.1, 0.15) is 11.6 Å². The van der Waals surface area contributed by atoms with Crippen LogP contribution >= 0.6 is 0 Å². The molecule has 6 heteroatoms. The Morgan fingerprint density at radius 2 is 1.91 bits per heavy atom. The summed E-state index contributed by atoms with van der Waals surface area (Å²) < 4.78 is 18.8. The van der Waals surface area contributed by atoms with E-state index >= 15 is 0 Å². The Morgan fingerprint density at radius 3 is 2.57 bits per heavy atom. The number of aryl methyl sites for hydroxylation is 1. The topological polar surface area (TPSA) is 52.7 Å². The predicted molar refractivity (Wildman–Crippen MR) is 84.3 cm³/mol. The maximum absolute atomic E-state index is 13.7. The quantitative estimate of drug-likeness (QED) is 0.913. The Labute approximate surface area is 135 Å². The zero-order valence-electron chi connectivity index (χ0n) is 13.3. The Balaban J connectivity index is 1.48. The van der Waals surface area contributed by atoms with E-state index in [1.165, 1.54) is 6.07 Å². The highest BCUT2D eigenvalue weighted by atomic mass is 19.1. The second kappa shape index (κ2) is 7.21. The molecule has 0 radical (unpaired) electrons. The van der Waals surface area contributed by atoms with E-state index in [0.29, 0.717) is 12.1 Å². The lowest BCUT2D eigenvalue weighted by Gasteiger charge is -2.35. The molecular weight excluding hydrogens is 297 g/mol. The molecule has 0 spiro atoms. The van der Waals surface area contributed by atoms with E-state index < -0.39 is 6.10 Å². The van der Waals surface area contributed by atoms with Crippen molar-refractivity contribution in [2.24, 2.45) is 0 Å². The van der Waals surface area contributed by atoms with Crippen molar-refractivity contribution in [2.75, 3.05) is 32.7 Å². The molecule has 1 aliphatic rings. The van der Waals surface area contributed by atoms with Crippen LogP contribution in [-0.4, -0.2) is 52.8 Å². The Kier molecular flexibility index (Phi) is 5.05. The molecule has 1 saturated heterocycles. The normalized spacial score (nSPS) is 18.2. The molecule has 124 valence electrons. The van der Waals surface area contributed by atoms with Gasteiger partial charge in [0, 0.05) is 50.9 Å². The highest BCUT2D eigenvalue weighted by Gasteiger charge is 2.21. The van der Waals surface area contributed by atoms with Gasteiger partial charge in [-0.3, -0.25) is 9.80 Å². The minimum Gasteiger partial charge on any atom is -0.387 e. The SMILES string of the molecule is Cc1cc(CN2CCN(CC(O)c3ccccc3F)CC2)no1. The number of piperazine rings is 1. The van der Waals surface area contributed by atoms with Crippen molar-refractivity contribution >= 4 is 0 Å². The molecule has 0 bridgehead atoms. The first kappa shape index (κ1) is 16.1. The van der Waals surface area contributed by atoms with Crippen LogP contribution < -0.4 is 0 Å². The fourth-order valence-corrected chi connectivity index (χ4v) is 2.94. The van der Waals surface area contributed by atoms with Crippen LogP contribution in [-0.2, 0) is 6.54 Å². The number of hydrogen-bond acceptors (Lipinski definition) is 5. The largest absolute Gasteiger partial charge is 0.387 e. The summed E-state index contributed by atoms with van der Waals surface area (Å²) in [6.45, 7) is 6.62. The monoisotopic (exact) mass is 319 g/mol. The number of β-amino-alcohol motifs (C(OH)–C–C–N with tert-alkyl or cyclic N) is 1. The van der Waals surface area contributed by atoms with Gasteiger partial charge in [0.2, 0.25) is 0 Å². The van der Waals surface area contributed by atoms with Crippen LogP contribution in [0.3, 0.4) is 0 Å². The van der Waals surface area contributed by atoms with E-state index in [-0.39, 0.29) is 5.82 Å². The van der Waals surface area contributed by atoms with Crippen molar-refractivity contribution in [1.82, 2.24) is 15.0 Å². The third kappa shape index (κ3) is 4.16. The number of rotatable bonds is 5. The van der Waals surface area contributed by atoms with Gasteiger partial charge in [-0.15, -0.1) is 0 Å². The number of nitrogens with zero attached hydrogens (tertiary/aromatic N) is 3. The second-order valence-electron chi connectivity index (χ2n) is 6.04. The van der Waals surface area contributed by atoms with Crippen molar-refractivity contribution in [2.45, 2.75) is 19.6 Å². The maximum Gasteiger partial charge on any atom is 0.133 e. The van der Waals surface area contributed by atoms with E-state index in [1.54, 1.807) is 18.2 Å². The van der Waals surface area contributed by atoms with Gasteiger partial charge in [-0.25, -0.2) is 4.39 Å².